The third-order valence-electron chi connectivity index (χ3n) is 3.60. The van der Waals surface area contributed by atoms with Crippen molar-refractivity contribution in [2.75, 3.05) is 0 Å². The Morgan fingerprint density at radius 2 is 1.95 bits per heavy atom. The van der Waals surface area contributed by atoms with Gasteiger partial charge in [-0.05, 0) is 23.3 Å². The number of fused-ring (bicyclic) bond motifs is 1. The number of aliphatic imine (C=N–C) groups is 1. The van der Waals surface area contributed by atoms with Crippen LogP contribution in [0.5, 0.6) is 0 Å². The van der Waals surface area contributed by atoms with Crippen LogP contribution < -0.4 is 0 Å². The van der Waals surface area contributed by atoms with Gasteiger partial charge < -0.3 is 5.11 Å². The number of hydrogen-bond acceptors (Lipinski definition) is 2. The highest BCUT2D eigenvalue weighted by atomic mass is 79.9. The molecular formula is C17H12BrNO3. The molecule has 1 amide bonds. The summed E-state index contributed by atoms with van der Waals surface area (Å²) in [7, 11) is 0. The van der Waals surface area contributed by atoms with Crippen LogP contribution in [-0.2, 0) is 9.59 Å². The Morgan fingerprint density at radius 3 is 2.64 bits per heavy atom. The number of allylic oxidation sites excluding steroid dienone is 5. The predicted molar refractivity (Wildman–Crippen MR) is 87.7 cm³/mol. The van der Waals surface area contributed by atoms with Crippen molar-refractivity contribution in [3.63, 3.8) is 0 Å². The number of amides is 1. The highest BCUT2D eigenvalue weighted by Crippen LogP contribution is 2.37. The molecule has 5 heteroatoms. The third kappa shape index (κ3) is 2.72. The molecule has 1 aromatic rings. The van der Waals surface area contributed by atoms with Crippen LogP contribution >= 0.6 is 15.9 Å². The molecule has 1 atom stereocenters. The van der Waals surface area contributed by atoms with E-state index in [1.807, 2.05) is 42.5 Å². The van der Waals surface area contributed by atoms with E-state index in [4.69, 9.17) is 5.11 Å². The predicted octanol–water partition coefficient (Wildman–Crippen LogP) is 3.36. The van der Waals surface area contributed by atoms with Gasteiger partial charge in [-0.2, -0.15) is 0 Å². The van der Waals surface area contributed by atoms with Crippen LogP contribution in [-0.4, -0.2) is 22.7 Å². The molecule has 0 saturated carbocycles. The highest BCUT2D eigenvalue weighted by Gasteiger charge is 2.32. The Balaban J connectivity index is 2.20. The van der Waals surface area contributed by atoms with E-state index in [0.29, 0.717) is 5.71 Å². The number of hydrogen-bond donors (Lipinski definition) is 1. The second-order valence-corrected chi connectivity index (χ2v) is 5.95. The average molecular weight is 358 g/mol. The summed E-state index contributed by atoms with van der Waals surface area (Å²) in [6.07, 6.45) is 5.22. The second kappa shape index (κ2) is 5.85. The number of dihydropyridines is 1. The van der Waals surface area contributed by atoms with E-state index in [9.17, 15) is 9.59 Å². The van der Waals surface area contributed by atoms with Gasteiger partial charge in [0.2, 0.25) is 0 Å². The van der Waals surface area contributed by atoms with Crippen molar-refractivity contribution >= 4 is 39.1 Å². The number of nitrogens with zero attached hydrogens (tertiary/aromatic N) is 1. The molecule has 0 saturated heterocycles. The van der Waals surface area contributed by atoms with Crippen LogP contribution in [0.3, 0.4) is 0 Å². The molecule has 110 valence electrons. The van der Waals surface area contributed by atoms with E-state index in [0.717, 1.165) is 15.6 Å². The Bertz CT molecular complexity index is 772. The van der Waals surface area contributed by atoms with Crippen LogP contribution in [0.15, 0.2) is 63.6 Å². The van der Waals surface area contributed by atoms with Crippen molar-refractivity contribution in [3.05, 3.63) is 64.2 Å². The number of carbonyl (C=O) groups excluding carboxylic acids is 1. The number of halogens is 1. The lowest BCUT2D eigenvalue weighted by Gasteiger charge is -2.26. The quantitative estimate of drug-likeness (QED) is 0.901. The minimum absolute atomic E-state index is 0.214. The van der Waals surface area contributed by atoms with Crippen molar-refractivity contribution in [1.29, 1.82) is 0 Å². The zero-order chi connectivity index (χ0) is 15.7. The van der Waals surface area contributed by atoms with Crippen LogP contribution in [0.1, 0.15) is 12.0 Å². The maximum Gasteiger partial charge on any atom is 0.308 e. The molecular weight excluding hydrogens is 346 g/mol. The van der Waals surface area contributed by atoms with Gasteiger partial charge in [0, 0.05) is 16.0 Å². The summed E-state index contributed by atoms with van der Waals surface area (Å²) in [6, 6.07) is 9.39. The Labute approximate surface area is 135 Å². The van der Waals surface area contributed by atoms with Gasteiger partial charge in [-0.15, -0.1) is 0 Å². The van der Waals surface area contributed by atoms with Gasteiger partial charge in [-0.25, -0.2) is 4.99 Å². The first-order valence-electron chi connectivity index (χ1n) is 6.75. The van der Waals surface area contributed by atoms with Crippen LogP contribution in [0, 0.1) is 5.92 Å². The first kappa shape index (κ1) is 14.7. The fraction of sp³-hybridized carbons (Fsp3) is 0.118. The van der Waals surface area contributed by atoms with Gasteiger partial charge in [0.05, 0.1) is 12.1 Å². The number of carbonyl (C=O) groups is 2. The second-order valence-electron chi connectivity index (χ2n) is 5.03. The SMILES string of the molecule is O=C(O)CC1=C(c2ccccc2)C2C=C(Br)C=CC2=NC1=O. The molecule has 1 unspecified atom stereocenters. The lowest BCUT2D eigenvalue weighted by Crippen LogP contribution is -2.25. The fourth-order valence-electron chi connectivity index (χ4n) is 2.69. The summed E-state index contributed by atoms with van der Waals surface area (Å²) < 4.78 is 0.883. The smallest absolute Gasteiger partial charge is 0.308 e. The van der Waals surface area contributed by atoms with Gasteiger partial charge in [-0.1, -0.05) is 52.3 Å². The van der Waals surface area contributed by atoms with E-state index in [1.54, 1.807) is 6.08 Å². The molecule has 0 aromatic heterocycles. The van der Waals surface area contributed by atoms with E-state index in [-0.39, 0.29) is 17.9 Å². The lowest BCUT2D eigenvalue weighted by atomic mass is 9.80. The summed E-state index contributed by atoms with van der Waals surface area (Å²) in [5.74, 6) is -1.72. The number of aliphatic carboxylic acids is 1. The summed E-state index contributed by atoms with van der Waals surface area (Å²) >= 11 is 3.43. The number of rotatable bonds is 3. The molecule has 22 heavy (non-hydrogen) atoms. The number of benzene rings is 1. The third-order valence-corrected chi connectivity index (χ3v) is 4.12. The van der Waals surface area contributed by atoms with Crippen LogP contribution in [0.25, 0.3) is 5.57 Å². The molecule has 1 aliphatic heterocycles. The van der Waals surface area contributed by atoms with Crippen molar-refractivity contribution in [3.8, 4) is 0 Å². The topological polar surface area (TPSA) is 66.7 Å². The van der Waals surface area contributed by atoms with E-state index in [2.05, 4.69) is 20.9 Å². The van der Waals surface area contributed by atoms with Crippen molar-refractivity contribution < 1.29 is 14.7 Å². The molecule has 0 spiro atoms. The molecule has 0 bridgehead atoms. The molecule has 4 nitrogen and oxygen atoms in total. The summed E-state index contributed by atoms with van der Waals surface area (Å²) in [4.78, 5) is 27.5. The maximum absolute atomic E-state index is 12.3. The summed E-state index contributed by atoms with van der Waals surface area (Å²) in [5.41, 5.74) is 2.45. The minimum Gasteiger partial charge on any atom is -0.481 e. The van der Waals surface area contributed by atoms with Crippen molar-refractivity contribution in [1.82, 2.24) is 0 Å². The van der Waals surface area contributed by atoms with Crippen LogP contribution in [0.4, 0.5) is 0 Å². The normalized spacial score (nSPS) is 20.4. The number of carboxylic acid groups (broad SMARTS) is 1. The largest absolute Gasteiger partial charge is 0.481 e. The minimum atomic E-state index is -1.04. The fourth-order valence-corrected chi connectivity index (χ4v) is 3.08. The van der Waals surface area contributed by atoms with Crippen LogP contribution in [0.2, 0.25) is 0 Å². The van der Waals surface area contributed by atoms with Crippen molar-refractivity contribution in [2.24, 2.45) is 10.9 Å². The van der Waals surface area contributed by atoms with Crippen molar-refractivity contribution in [2.45, 2.75) is 6.42 Å². The van der Waals surface area contributed by atoms with Gasteiger partial charge in [-0.3, -0.25) is 9.59 Å². The standard InChI is InChI=1S/C17H12BrNO3/c18-11-6-7-14-12(8-11)16(10-4-2-1-3-5-10)13(9-15(20)21)17(22)19-14/h1-8,12H,9H2,(H,20,21). The van der Waals surface area contributed by atoms with Gasteiger partial charge in [0.1, 0.15) is 0 Å². The summed E-state index contributed by atoms with van der Waals surface area (Å²) in [6.45, 7) is 0. The Hall–Kier alpha value is -2.27. The van der Waals surface area contributed by atoms with Gasteiger partial charge >= 0.3 is 5.97 Å². The molecule has 1 N–H and O–H groups in total. The molecule has 1 aliphatic carbocycles. The first-order valence-corrected chi connectivity index (χ1v) is 7.54. The van der Waals surface area contributed by atoms with E-state index in [1.165, 1.54) is 0 Å². The Kier molecular flexibility index (Phi) is 3.90. The highest BCUT2D eigenvalue weighted by molar-refractivity contribution is 9.11. The number of carboxylic acids is 1. The van der Waals surface area contributed by atoms with E-state index >= 15 is 0 Å². The average Bonchev–Trinajstić information content (AvgIpc) is 2.49. The molecule has 0 radical (unpaired) electrons. The van der Waals surface area contributed by atoms with Gasteiger partial charge in [0.25, 0.3) is 5.91 Å². The Morgan fingerprint density at radius 1 is 1.23 bits per heavy atom. The molecule has 1 heterocycles. The lowest BCUT2D eigenvalue weighted by molar-refractivity contribution is -0.136. The monoisotopic (exact) mass is 357 g/mol. The zero-order valence-corrected chi connectivity index (χ0v) is 13.1. The molecule has 2 aliphatic rings. The molecule has 3 rings (SSSR count). The van der Waals surface area contributed by atoms with Gasteiger partial charge in [0.15, 0.2) is 0 Å². The molecule has 1 aromatic carbocycles. The zero-order valence-electron chi connectivity index (χ0n) is 11.5. The first-order chi connectivity index (χ1) is 10.6. The summed E-state index contributed by atoms with van der Waals surface area (Å²) in [5, 5.41) is 9.12. The molecule has 0 fully saturated rings. The maximum atomic E-state index is 12.3. The van der Waals surface area contributed by atoms with E-state index < -0.39 is 11.9 Å².